The van der Waals surface area contributed by atoms with E-state index in [0.717, 1.165) is 17.7 Å². The standard InChI is InChI=1S/C16H12O6.C13H16O2/c1-5-3-7(17)9-11(13(5)19)15(21)10-8(18)4-6(2)14(20)12(10)16(9)22;1-9(2)4-5-12-8-11(10(3)14)6-7-13(12)15/h3-4,17-20H,1-2H3;4,6-8,15H,5H2,1-3H3. The number of allylic oxidation sites excluding steroid dienone is 2. The van der Waals surface area contributed by atoms with Crippen LogP contribution in [0, 0.1) is 13.8 Å². The Morgan fingerprint density at radius 3 is 1.57 bits per heavy atom. The molecule has 8 heteroatoms. The molecule has 0 saturated carbocycles. The molecule has 0 aliphatic heterocycles. The number of carbonyl (C=O) groups is 3. The topological polar surface area (TPSA) is 152 Å². The van der Waals surface area contributed by atoms with E-state index in [0.29, 0.717) is 12.0 Å². The molecule has 0 aromatic heterocycles. The van der Waals surface area contributed by atoms with Crippen molar-refractivity contribution in [3.8, 4) is 28.7 Å². The van der Waals surface area contributed by atoms with Crippen LogP contribution in [-0.4, -0.2) is 42.9 Å². The van der Waals surface area contributed by atoms with Crippen molar-refractivity contribution in [2.24, 2.45) is 0 Å². The minimum absolute atomic E-state index is 0.0217. The van der Waals surface area contributed by atoms with Crippen LogP contribution in [0.4, 0.5) is 0 Å². The van der Waals surface area contributed by atoms with Crippen molar-refractivity contribution in [3.05, 3.63) is 86.5 Å². The molecular formula is C29H28O8. The highest BCUT2D eigenvalue weighted by Crippen LogP contribution is 2.45. The van der Waals surface area contributed by atoms with Crippen molar-refractivity contribution < 1.29 is 39.9 Å². The van der Waals surface area contributed by atoms with E-state index >= 15 is 0 Å². The second-order valence-corrected chi connectivity index (χ2v) is 9.17. The second kappa shape index (κ2) is 10.2. The van der Waals surface area contributed by atoms with Gasteiger partial charge >= 0.3 is 0 Å². The average Bonchev–Trinajstić information content (AvgIpc) is 2.81. The third kappa shape index (κ3) is 5.04. The van der Waals surface area contributed by atoms with Crippen LogP contribution in [0.25, 0.3) is 0 Å². The number of Topliss-reactive ketones (excluding diaryl/α,β-unsaturated/α-hetero) is 1. The van der Waals surface area contributed by atoms with Crippen LogP contribution in [0.3, 0.4) is 0 Å². The van der Waals surface area contributed by atoms with Crippen LogP contribution in [0.2, 0.25) is 0 Å². The van der Waals surface area contributed by atoms with Crippen molar-refractivity contribution in [3.63, 3.8) is 0 Å². The van der Waals surface area contributed by atoms with Crippen LogP contribution >= 0.6 is 0 Å². The Balaban J connectivity index is 0.000000222. The van der Waals surface area contributed by atoms with Gasteiger partial charge in [0, 0.05) is 5.56 Å². The molecule has 0 heterocycles. The van der Waals surface area contributed by atoms with Crippen LogP contribution in [0.15, 0.2) is 42.0 Å². The van der Waals surface area contributed by atoms with Gasteiger partial charge in [-0.15, -0.1) is 0 Å². The van der Waals surface area contributed by atoms with Crippen molar-refractivity contribution in [1.29, 1.82) is 0 Å². The van der Waals surface area contributed by atoms with E-state index in [1.54, 1.807) is 18.2 Å². The maximum Gasteiger partial charge on any atom is 0.202 e. The first-order valence-corrected chi connectivity index (χ1v) is 11.4. The first kappa shape index (κ1) is 27.0. The Bertz CT molecular complexity index is 1420. The number of hydrogen-bond acceptors (Lipinski definition) is 8. The molecule has 0 unspecified atom stereocenters. The number of fused-ring (bicyclic) bond motifs is 2. The van der Waals surface area contributed by atoms with Gasteiger partial charge in [0.25, 0.3) is 0 Å². The van der Waals surface area contributed by atoms with Gasteiger partial charge in [-0.1, -0.05) is 11.6 Å². The number of benzene rings is 3. The van der Waals surface area contributed by atoms with E-state index in [9.17, 15) is 39.9 Å². The number of aryl methyl sites for hydroxylation is 2. The molecule has 0 spiro atoms. The molecule has 1 aliphatic rings. The summed E-state index contributed by atoms with van der Waals surface area (Å²) in [6.07, 6.45) is 2.69. The molecule has 0 bridgehead atoms. The third-order valence-corrected chi connectivity index (χ3v) is 6.06. The zero-order valence-corrected chi connectivity index (χ0v) is 21.1. The van der Waals surface area contributed by atoms with Gasteiger partial charge in [-0.3, -0.25) is 14.4 Å². The fourth-order valence-corrected chi connectivity index (χ4v) is 4.01. The predicted octanol–water partition coefficient (Wildman–Crippen LogP) is 5.00. The highest BCUT2D eigenvalue weighted by molar-refractivity contribution is 6.32. The number of rotatable bonds is 3. The summed E-state index contributed by atoms with van der Waals surface area (Å²) in [4.78, 5) is 36.3. The normalized spacial score (nSPS) is 11.7. The third-order valence-electron chi connectivity index (χ3n) is 6.06. The van der Waals surface area contributed by atoms with Gasteiger partial charge in [-0.05, 0) is 88.1 Å². The fourth-order valence-electron chi connectivity index (χ4n) is 4.01. The lowest BCUT2D eigenvalue weighted by Gasteiger charge is -2.22. The Labute approximate surface area is 213 Å². The van der Waals surface area contributed by atoms with Crippen LogP contribution in [0.5, 0.6) is 28.7 Å². The molecule has 1 aliphatic carbocycles. The lowest BCUT2D eigenvalue weighted by molar-refractivity contribution is 0.0969. The number of hydrogen-bond donors (Lipinski definition) is 5. The van der Waals surface area contributed by atoms with E-state index < -0.39 is 34.6 Å². The first-order chi connectivity index (χ1) is 17.3. The average molecular weight is 505 g/mol. The maximum absolute atomic E-state index is 12.6. The Morgan fingerprint density at radius 1 is 0.703 bits per heavy atom. The highest BCUT2D eigenvalue weighted by atomic mass is 16.3. The maximum atomic E-state index is 12.6. The number of carbonyl (C=O) groups excluding carboxylic acids is 3. The smallest absolute Gasteiger partial charge is 0.202 e. The molecule has 0 radical (unpaired) electrons. The quantitative estimate of drug-likeness (QED) is 0.148. The van der Waals surface area contributed by atoms with E-state index in [-0.39, 0.29) is 44.9 Å². The lowest BCUT2D eigenvalue weighted by Crippen LogP contribution is -2.22. The van der Waals surface area contributed by atoms with Crippen LogP contribution in [0.1, 0.15) is 79.7 Å². The number of ketones is 3. The van der Waals surface area contributed by atoms with E-state index in [1.807, 2.05) is 19.9 Å². The molecule has 3 aromatic carbocycles. The molecule has 37 heavy (non-hydrogen) atoms. The SMILES string of the molecule is CC(=O)c1ccc(O)c(CC=C(C)C)c1.Cc1cc(O)c2c(c1O)C(=O)c1c(O)cc(C)c(O)c1C2=O. The van der Waals surface area contributed by atoms with Crippen LogP contribution in [-0.2, 0) is 6.42 Å². The first-order valence-electron chi connectivity index (χ1n) is 11.4. The summed E-state index contributed by atoms with van der Waals surface area (Å²) in [5.74, 6) is -3.18. The van der Waals surface area contributed by atoms with E-state index in [4.69, 9.17) is 0 Å². The molecule has 4 rings (SSSR count). The zero-order valence-electron chi connectivity index (χ0n) is 21.1. The molecule has 0 saturated heterocycles. The number of phenolic OH excluding ortho intramolecular Hbond substituents is 5. The monoisotopic (exact) mass is 504 g/mol. The van der Waals surface area contributed by atoms with Gasteiger partial charge < -0.3 is 25.5 Å². The zero-order chi connectivity index (χ0) is 27.8. The molecule has 0 atom stereocenters. The van der Waals surface area contributed by atoms with Gasteiger partial charge in [0.15, 0.2) is 5.78 Å². The minimum Gasteiger partial charge on any atom is -0.508 e. The van der Waals surface area contributed by atoms with Gasteiger partial charge in [0.1, 0.15) is 28.7 Å². The van der Waals surface area contributed by atoms with Crippen LogP contribution < -0.4 is 0 Å². The number of phenols is 5. The lowest BCUT2D eigenvalue weighted by atomic mass is 9.80. The molecule has 0 amide bonds. The molecule has 0 fully saturated rings. The van der Waals surface area contributed by atoms with Crippen molar-refractivity contribution in [2.75, 3.05) is 0 Å². The summed E-state index contributed by atoms with van der Waals surface area (Å²) in [7, 11) is 0. The largest absolute Gasteiger partial charge is 0.508 e. The number of aromatic hydroxyl groups is 5. The van der Waals surface area contributed by atoms with Crippen molar-refractivity contribution in [1.82, 2.24) is 0 Å². The van der Waals surface area contributed by atoms with Crippen molar-refractivity contribution in [2.45, 2.75) is 41.0 Å². The Morgan fingerprint density at radius 2 is 1.16 bits per heavy atom. The minimum atomic E-state index is -0.825. The molecule has 192 valence electrons. The molecule has 5 N–H and O–H groups in total. The Hall–Kier alpha value is -4.59. The summed E-state index contributed by atoms with van der Waals surface area (Å²) >= 11 is 0. The summed E-state index contributed by atoms with van der Waals surface area (Å²) in [6, 6.07) is 7.29. The van der Waals surface area contributed by atoms with Crippen molar-refractivity contribution >= 4 is 17.3 Å². The van der Waals surface area contributed by atoms with E-state index in [2.05, 4.69) is 0 Å². The Kier molecular flexibility index (Phi) is 7.43. The van der Waals surface area contributed by atoms with Gasteiger partial charge in [-0.25, -0.2) is 0 Å². The van der Waals surface area contributed by atoms with Gasteiger partial charge in [-0.2, -0.15) is 0 Å². The summed E-state index contributed by atoms with van der Waals surface area (Å²) in [5.41, 5.74) is 1.59. The molecule has 3 aromatic rings. The second-order valence-electron chi connectivity index (χ2n) is 9.17. The van der Waals surface area contributed by atoms with Gasteiger partial charge in [0.2, 0.25) is 11.6 Å². The fraction of sp³-hybridized carbons (Fsp3) is 0.207. The summed E-state index contributed by atoms with van der Waals surface area (Å²) in [6.45, 7) is 8.47. The predicted molar refractivity (Wildman–Crippen MR) is 137 cm³/mol. The summed E-state index contributed by atoms with van der Waals surface area (Å²) < 4.78 is 0. The summed E-state index contributed by atoms with van der Waals surface area (Å²) in [5, 5.41) is 49.7. The van der Waals surface area contributed by atoms with Gasteiger partial charge in [0.05, 0.1) is 22.3 Å². The highest BCUT2D eigenvalue weighted by Gasteiger charge is 2.39. The molecule has 8 nitrogen and oxygen atoms in total. The van der Waals surface area contributed by atoms with E-state index in [1.165, 1.54) is 26.3 Å². The molecular weight excluding hydrogens is 476 g/mol.